The highest BCUT2D eigenvalue weighted by atomic mass is 16.7. The molecule has 0 amide bonds. The van der Waals surface area contributed by atoms with Gasteiger partial charge in [-0.15, -0.1) is 0 Å². The third kappa shape index (κ3) is 10.6. The lowest BCUT2D eigenvalue weighted by atomic mass is 9.39. The van der Waals surface area contributed by atoms with Crippen LogP contribution in [0.15, 0.2) is 0 Å². The van der Waals surface area contributed by atoms with Gasteiger partial charge in [0.05, 0.1) is 39.6 Å². The Bertz CT molecular complexity index is 2080. The summed E-state index contributed by atoms with van der Waals surface area (Å²) < 4.78 is 31.1. The van der Waals surface area contributed by atoms with Crippen LogP contribution in [0.2, 0.25) is 0 Å². The van der Waals surface area contributed by atoms with Gasteiger partial charge in [-0.25, -0.2) is 9.59 Å². The standard InChI is InChI=1S/C32H52O7.C30H48O7/c1-8-20-24-17-19(39-30(36)38-10-3)15-16-31(24,5)27-26(28(20)34)23-13-12-22(18(4)11-14-25(33)37-7)32(23,6)21(9-2)29(27)35;1-7-19-22-15-18(37-28(34)36-8-2)13-14-29(22,4)26-23(31)16-30(5)20(17(3)9-12-24(32)35-6)10-11-21(30)25(26)27(19)33/h18-24,26-27,29,35H,8-17H2,1-7H3;17-23,25-26,31H,7-16H2,1-6H3/t18-,19-,20-,21+,22-,23?,24+,26?,27?,29+,31+,32-;17-,18-,19-,20-,21?,22+,23+,25?,26?,29+,30-/m11/s1. The van der Waals surface area contributed by atoms with E-state index in [9.17, 15) is 39.0 Å². The number of aliphatic hydroxyl groups excluding tert-OH is 2. The van der Waals surface area contributed by atoms with Crippen molar-refractivity contribution in [3.63, 3.8) is 0 Å². The van der Waals surface area contributed by atoms with Gasteiger partial charge in [0.15, 0.2) is 0 Å². The van der Waals surface area contributed by atoms with E-state index in [0.717, 1.165) is 83.5 Å². The number of carbonyl (C=O) groups excluding carboxylic acids is 6. The number of Topliss-reactive ketones (excluding diaryl/α,β-unsaturated/α-hetero) is 2. The van der Waals surface area contributed by atoms with Crippen molar-refractivity contribution in [2.24, 2.45) is 110 Å². The van der Waals surface area contributed by atoms with Gasteiger partial charge in [0.1, 0.15) is 23.8 Å². The zero-order valence-corrected chi connectivity index (χ0v) is 48.9. The van der Waals surface area contributed by atoms with Gasteiger partial charge in [0.25, 0.3) is 0 Å². The Balaban J connectivity index is 0.000000221. The highest BCUT2D eigenvalue weighted by Gasteiger charge is 2.71. The minimum absolute atomic E-state index is 0.0569. The molecule has 76 heavy (non-hydrogen) atoms. The second-order valence-corrected chi connectivity index (χ2v) is 26.5. The van der Waals surface area contributed by atoms with Crippen molar-refractivity contribution in [2.75, 3.05) is 27.4 Å². The lowest BCUT2D eigenvalue weighted by Crippen LogP contribution is -2.67. The predicted octanol–water partition coefficient (Wildman–Crippen LogP) is 11.8. The van der Waals surface area contributed by atoms with E-state index in [1.165, 1.54) is 14.2 Å². The number of hydrogen-bond donors (Lipinski definition) is 2. The fourth-order valence-electron chi connectivity index (χ4n) is 20.3. The molecule has 8 saturated carbocycles. The SMILES string of the molecule is CCOC(=O)O[C@@H]1CC[C@]2(C)C3C(C(=O)[C@H](CC)[C@@H]2C1)C1CC[C@H]([C@H](C)CCC(=O)OC)[C@@]1(C)C[C@@H]3O.CCOC(=O)O[C@@H]1CC[C@]2(C)C3C(C(=O)[C@H](CC)[C@@H]2C1)C1CC[C@H]([C@H](C)CCC(=O)OC)[C@@]1(C)[C@@H](CC)[C@@H]3O. The van der Waals surface area contributed by atoms with E-state index in [-0.39, 0.29) is 124 Å². The van der Waals surface area contributed by atoms with Crippen LogP contribution in [-0.4, -0.2) is 97.9 Å². The summed E-state index contributed by atoms with van der Waals surface area (Å²) in [6.45, 7) is 24.2. The fraction of sp³-hybridized carbons (Fsp3) is 0.903. The van der Waals surface area contributed by atoms with Crippen molar-refractivity contribution in [2.45, 2.75) is 216 Å². The number of ketones is 2. The summed E-state index contributed by atoms with van der Waals surface area (Å²) in [6, 6.07) is 0. The van der Waals surface area contributed by atoms with Crippen LogP contribution in [0, 0.1) is 110 Å². The number of methoxy groups -OCH3 is 2. The van der Waals surface area contributed by atoms with Crippen molar-refractivity contribution in [3.05, 3.63) is 0 Å². The minimum Gasteiger partial charge on any atom is -0.469 e. The summed E-state index contributed by atoms with van der Waals surface area (Å²) in [5.41, 5.74) is -0.608. The first-order valence-electron chi connectivity index (χ1n) is 30.2. The lowest BCUT2D eigenvalue weighted by molar-refractivity contribution is -0.218. The Hall–Kier alpha value is -3.26. The van der Waals surface area contributed by atoms with Crippen molar-refractivity contribution in [1.82, 2.24) is 0 Å². The number of rotatable bonds is 15. The molecule has 0 aliphatic heterocycles. The predicted molar refractivity (Wildman–Crippen MR) is 286 cm³/mol. The molecule has 0 aromatic heterocycles. The third-order valence-corrected chi connectivity index (χ3v) is 23.6. The number of hydrogen-bond acceptors (Lipinski definition) is 14. The van der Waals surface area contributed by atoms with Gasteiger partial charge in [0.2, 0.25) is 0 Å². The molecular formula is C62H100O14. The molecule has 14 heteroatoms. The molecule has 8 aliphatic carbocycles. The van der Waals surface area contributed by atoms with Crippen LogP contribution in [0.3, 0.4) is 0 Å². The van der Waals surface area contributed by atoms with Crippen molar-refractivity contribution in [3.8, 4) is 0 Å². The average Bonchev–Trinajstić information content (AvgIpc) is 3.92. The molecule has 8 fully saturated rings. The molecule has 0 aromatic carbocycles. The first-order chi connectivity index (χ1) is 36.0. The van der Waals surface area contributed by atoms with Crippen LogP contribution in [0.4, 0.5) is 9.59 Å². The number of aliphatic hydroxyl groups is 2. The fourth-order valence-corrected chi connectivity index (χ4v) is 20.3. The zero-order chi connectivity index (χ0) is 55.8. The van der Waals surface area contributed by atoms with E-state index in [0.29, 0.717) is 67.3 Å². The van der Waals surface area contributed by atoms with Crippen LogP contribution < -0.4 is 0 Å². The lowest BCUT2D eigenvalue weighted by Gasteiger charge is -2.65. The maximum absolute atomic E-state index is 14.5. The molecule has 0 spiro atoms. The molecule has 8 aliphatic rings. The van der Waals surface area contributed by atoms with Crippen LogP contribution in [0.1, 0.15) is 192 Å². The first kappa shape index (κ1) is 60.4. The highest BCUT2D eigenvalue weighted by Crippen LogP contribution is 2.72. The molecule has 8 rings (SSSR count). The molecule has 0 radical (unpaired) electrons. The van der Waals surface area contributed by atoms with Gasteiger partial charge in [-0.3, -0.25) is 19.2 Å². The summed E-state index contributed by atoms with van der Waals surface area (Å²) in [6.07, 6.45) is 11.2. The number of esters is 2. The molecule has 432 valence electrons. The second-order valence-electron chi connectivity index (χ2n) is 26.5. The van der Waals surface area contributed by atoms with Crippen molar-refractivity contribution >= 4 is 35.8 Å². The molecule has 6 unspecified atom stereocenters. The number of fused-ring (bicyclic) bond motifs is 10. The van der Waals surface area contributed by atoms with E-state index in [1.807, 2.05) is 0 Å². The Kier molecular flexibility index (Phi) is 19.2. The highest BCUT2D eigenvalue weighted by molar-refractivity contribution is 5.87. The zero-order valence-electron chi connectivity index (χ0n) is 48.9. The van der Waals surface area contributed by atoms with E-state index in [1.54, 1.807) is 13.8 Å². The second kappa shape index (κ2) is 24.2. The summed E-state index contributed by atoms with van der Waals surface area (Å²) in [4.78, 5) is 76.6. The Morgan fingerprint density at radius 3 is 1.49 bits per heavy atom. The summed E-state index contributed by atoms with van der Waals surface area (Å²) >= 11 is 0. The van der Waals surface area contributed by atoms with E-state index < -0.39 is 24.5 Å². The number of carbonyl (C=O) groups is 6. The normalized spacial score (nSPS) is 43.9. The molecular weight excluding hydrogens is 969 g/mol. The molecule has 14 nitrogen and oxygen atoms in total. The van der Waals surface area contributed by atoms with Crippen LogP contribution in [0.5, 0.6) is 0 Å². The third-order valence-electron chi connectivity index (χ3n) is 23.6. The Morgan fingerprint density at radius 1 is 0.579 bits per heavy atom. The van der Waals surface area contributed by atoms with E-state index >= 15 is 0 Å². The molecule has 23 atom stereocenters. The number of ether oxygens (including phenoxy) is 6. The van der Waals surface area contributed by atoms with E-state index in [2.05, 4.69) is 62.3 Å². The first-order valence-corrected chi connectivity index (χ1v) is 30.2. The van der Waals surface area contributed by atoms with Gasteiger partial charge in [-0.05, 0) is 185 Å². The van der Waals surface area contributed by atoms with Gasteiger partial charge in [0, 0.05) is 48.3 Å². The maximum Gasteiger partial charge on any atom is 0.508 e. The van der Waals surface area contributed by atoms with E-state index in [4.69, 9.17) is 28.4 Å². The van der Waals surface area contributed by atoms with Gasteiger partial charge >= 0.3 is 24.2 Å². The summed E-state index contributed by atoms with van der Waals surface area (Å²) in [5, 5.41) is 24.1. The molecule has 0 heterocycles. The molecule has 0 bridgehead atoms. The van der Waals surface area contributed by atoms with Crippen molar-refractivity contribution < 1.29 is 67.4 Å². The topological polar surface area (TPSA) is 198 Å². The van der Waals surface area contributed by atoms with Crippen LogP contribution in [-0.2, 0) is 47.6 Å². The average molecular weight is 1070 g/mol. The molecule has 0 saturated heterocycles. The van der Waals surface area contributed by atoms with Crippen LogP contribution >= 0.6 is 0 Å². The Morgan fingerprint density at radius 2 is 1.03 bits per heavy atom. The maximum atomic E-state index is 14.5. The molecule has 2 N–H and O–H groups in total. The Labute approximate surface area is 455 Å². The van der Waals surface area contributed by atoms with Crippen molar-refractivity contribution in [1.29, 1.82) is 0 Å². The minimum atomic E-state index is -0.629. The summed E-state index contributed by atoms with van der Waals surface area (Å²) in [5.74, 6) is 1.91. The van der Waals surface area contributed by atoms with Gasteiger partial charge in [-0.1, -0.05) is 68.7 Å². The largest absolute Gasteiger partial charge is 0.508 e. The quantitative estimate of drug-likeness (QED) is 0.116. The van der Waals surface area contributed by atoms with Crippen LogP contribution in [0.25, 0.3) is 0 Å². The summed E-state index contributed by atoms with van der Waals surface area (Å²) in [7, 11) is 2.87. The monoisotopic (exact) mass is 1070 g/mol. The smallest absolute Gasteiger partial charge is 0.469 e. The van der Waals surface area contributed by atoms with Gasteiger partial charge < -0.3 is 38.6 Å². The van der Waals surface area contributed by atoms with Gasteiger partial charge in [-0.2, -0.15) is 0 Å². The molecule has 0 aromatic rings.